The van der Waals surface area contributed by atoms with Crippen LogP contribution in [0.2, 0.25) is 0 Å². The monoisotopic (exact) mass is 232 g/mol. The Morgan fingerprint density at radius 3 is 2.88 bits per heavy atom. The number of hydrogen-bond acceptors (Lipinski definition) is 5. The predicted octanol–water partition coefficient (Wildman–Crippen LogP) is 0.325. The van der Waals surface area contributed by atoms with Gasteiger partial charge in [-0.15, -0.1) is 0 Å². The molecule has 6 heteroatoms. The zero-order valence-corrected chi connectivity index (χ0v) is 9.96. The second kappa shape index (κ2) is 5.03. The molecule has 0 saturated carbocycles. The van der Waals surface area contributed by atoms with E-state index in [0.29, 0.717) is 0 Å². The van der Waals surface area contributed by atoms with Crippen molar-refractivity contribution in [3.05, 3.63) is 41.7 Å². The molecule has 2 heterocycles. The third kappa shape index (κ3) is 2.32. The predicted molar refractivity (Wildman–Crippen MR) is 63.8 cm³/mol. The number of aryl methyl sites for hydroxylation is 2. The van der Waals surface area contributed by atoms with Crippen LogP contribution in [-0.4, -0.2) is 19.7 Å². The van der Waals surface area contributed by atoms with Gasteiger partial charge in [0, 0.05) is 31.2 Å². The highest BCUT2D eigenvalue weighted by molar-refractivity contribution is 5.28. The molecule has 2 aromatic heterocycles. The fourth-order valence-corrected chi connectivity index (χ4v) is 1.86. The number of nitrogens with two attached hydrogens (primary N) is 1. The van der Waals surface area contributed by atoms with Gasteiger partial charge >= 0.3 is 0 Å². The zero-order chi connectivity index (χ0) is 12.3. The lowest BCUT2D eigenvalue weighted by Gasteiger charge is -2.14. The summed E-state index contributed by atoms with van der Waals surface area (Å²) in [6.45, 7) is 2.07. The van der Waals surface area contributed by atoms with Crippen molar-refractivity contribution < 1.29 is 0 Å². The van der Waals surface area contributed by atoms with Gasteiger partial charge in [-0.25, -0.2) is 5.43 Å². The van der Waals surface area contributed by atoms with Gasteiger partial charge in [0.05, 0.1) is 23.6 Å². The lowest BCUT2D eigenvalue weighted by atomic mass is 10.0. The molecule has 2 rings (SSSR count). The third-order valence-corrected chi connectivity index (χ3v) is 2.63. The maximum Gasteiger partial charge on any atom is 0.0930 e. The lowest BCUT2D eigenvalue weighted by molar-refractivity contribution is 0.612. The van der Waals surface area contributed by atoms with Gasteiger partial charge in [0.2, 0.25) is 0 Å². The van der Waals surface area contributed by atoms with E-state index in [0.717, 1.165) is 23.4 Å². The van der Waals surface area contributed by atoms with Crippen molar-refractivity contribution in [2.75, 3.05) is 0 Å². The van der Waals surface area contributed by atoms with Gasteiger partial charge in [-0.3, -0.25) is 20.5 Å². The fourth-order valence-electron chi connectivity index (χ4n) is 1.86. The van der Waals surface area contributed by atoms with Gasteiger partial charge in [0.1, 0.15) is 0 Å². The Hall–Kier alpha value is -1.79. The second-order valence-electron chi connectivity index (χ2n) is 3.79. The van der Waals surface area contributed by atoms with Crippen molar-refractivity contribution >= 4 is 0 Å². The Balaban J connectivity index is 2.42. The standard InChI is InChI=1S/C11H16N6/c1-3-9-8(7-17(2)16-9)11(15-12)10-6-13-4-5-14-10/h4-7,11,15H,3,12H2,1-2H3. The second-order valence-corrected chi connectivity index (χ2v) is 3.79. The molecule has 0 fully saturated rings. The summed E-state index contributed by atoms with van der Waals surface area (Å²) in [7, 11) is 1.90. The third-order valence-electron chi connectivity index (χ3n) is 2.63. The molecule has 0 aliphatic carbocycles. The molecule has 0 radical (unpaired) electrons. The molecule has 2 aromatic rings. The first kappa shape index (κ1) is 11.7. The van der Waals surface area contributed by atoms with E-state index in [-0.39, 0.29) is 6.04 Å². The molecule has 90 valence electrons. The van der Waals surface area contributed by atoms with Crippen LogP contribution in [0.4, 0.5) is 0 Å². The van der Waals surface area contributed by atoms with Crippen molar-refractivity contribution in [2.45, 2.75) is 19.4 Å². The molecule has 0 aromatic carbocycles. The van der Waals surface area contributed by atoms with Crippen LogP contribution in [0.15, 0.2) is 24.8 Å². The van der Waals surface area contributed by atoms with E-state index in [2.05, 4.69) is 27.4 Å². The van der Waals surface area contributed by atoms with E-state index < -0.39 is 0 Å². The summed E-state index contributed by atoms with van der Waals surface area (Å²) < 4.78 is 1.79. The van der Waals surface area contributed by atoms with E-state index in [1.807, 2.05) is 13.2 Å². The Morgan fingerprint density at radius 2 is 2.29 bits per heavy atom. The molecule has 1 atom stereocenters. The van der Waals surface area contributed by atoms with Crippen LogP contribution < -0.4 is 11.3 Å². The molecular formula is C11H16N6. The number of nitrogens with one attached hydrogen (secondary N) is 1. The van der Waals surface area contributed by atoms with Crippen LogP contribution in [0.3, 0.4) is 0 Å². The number of nitrogens with zero attached hydrogens (tertiary/aromatic N) is 4. The minimum atomic E-state index is -0.174. The maximum absolute atomic E-state index is 5.61. The molecule has 0 bridgehead atoms. The quantitative estimate of drug-likeness (QED) is 0.586. The van der Waals surface area contributed by atoms with E-state index in [4.69, 9.17) is 5.84 Å². The average Bonchev–Trinajstić information content (AvgIpc) is 2.73. The molecular weight excluding hydrogens is 216 g/mol. The largest absolute Gasteiger partial charge is 0.275 e. The van der Waals surface area contributed by atoms with E-state index in [1.54, 1.807) is 23.3 Å². The summed E-state index contributed by atoms with van der Waals surface area (Å²) in [5.41, 5.74) is 5.61. The first-order valence-corrected chi connectivity index (χ1v) is 5.50. The van der Waals surface area contributed by atoms with Crippen molar-refractivity contribution in [3.63, 3.8) is 0 Å². The summed E-state index contributed by atoms with van der Waals surface area (Å²) in [5, 5.41) is 4.40. The summed E-state index contributed by atoms with van der Waals surface area (Å²) >= 11 is 0. The van der Waals surface area contributed by atoms with Gasteiger partial charge < -0.3 is 0 Å². The van der Waals surface area contributed by atoms with Crippen LogP contribution >= 0.6 is 0 Å². The zero-order valence-electron chi connectivity index (χ0n) is 9.96. The minimum Gasteiger partial charge on any atom is -0.275 e. The van der Waals surface area contributed by atoms with Crippen molar-refractivity contribution in [1.82, 2.24) is 25.2 Å². The molecule has 0 spiro atoms. The molecule has 0 aliphatic heterocycles. The number of rotatable bonds is 4. The molecule has 17 heavy (non-hydrogen) atoms. The number of hydrazine groups is 1. The smallest absolute Gasteiger partial charge is 0.0930 e. The van der Waals surface area contributed by atoms with Crippen molar-refractivity contribution in [1.29, 1.82) is 0 Å². The first-order valence-electron chi connectivity index (χ1n) is 5.50. The number of hydrogen-bond donors (Lipinski definition) is 2. The average molecular weight is 232 g/mol. The highest BCUT2D eigenvalue weighted by atomic mass is 15.3. The normalized spacial score (nSPS) is 12.6. The van der Waals surface area contributed by atoms with E-state index in [1.165, 1.54) is 0 Å². The molecule has 3 N–H and O–H groups in total. The Bertz CT molecular complexity index is 478. The van der Waals surface area contributed by atoms with E-state index in [9.17, 15) is 0 Å². The minimum absolute atomic E-state index is 0.174. The van der Waals surface area contributed by atoms with Crippen LogP contribution in [-0.2, 0) is 13.5 Å². The van der Waals surface area contributed by atoms with Crippen molar-refractivity contribution in [2.24, 2.45) is 12.9 Å². The molecule has 0 amide bonds. The van der Waals surface area contributed by atoms with Crippen LogP contribution in [0.5, 0.6) is 0 Å². The Morgan fingerprint density at radius 1 is 1.47 bits per heavy atom. The van der Waals surface area contributed by atoms with Gasteiger partial charge in [-0.2, -0.15) is 5.10 Å². The molecule has 6 nitrogen and oxygen atoms in total. The van der Waals surface area contributed by atoms with Gasteiger partial charge in [0.25, 0.3) is 0 Å². The highest BCUT2D eigenvalue weighted by Gasteiger charge is 2.19. The lowest BCUT2D eigenvalue weighted by Crippen LogP contribution is -2.30. The summed E-state index contributed by atoms with van der Waals surface area (Å²) in [6, 6.07) is -0.174. The first-order chi connectivity index (χ1) is 8.26. The highest BCUT2D eigenvalue weighted by Crippen LogP contribution is 2.21. The van der Waals surface area contributed by atoms with Gasteiger partial charge in [-0.1, -0.05) is 6.92 Å². The Kier molecular flexibility index (Phi) is 3.46. The molecule has 0 saturated heterocycles. The summed E-state index contributed by atoms with van der Waals surface area (Å²) in [4.78, 5) is 8.32. The van der Waals surface area contributed by atoms with Crippen LogP contribution in [0.1, 0.15) is 29.9 Å². The number of aromatic nitrogens is 4. The summed E-state index contributed by atoms with van der Waals surface area (Å²) in [6.07, 6.45) is 7.81. The van der Waals surface area contributed by atoms with Crippen LogP contribution in [0.25, 0.3) is 0 Å². The summed E-state index contributed by atoms with van der Waals surface area (Å²) in [5.74, 6) is 5.61. The SMILES string of the molecule is CCc1nn(C)cc1C(NN)c1cnccn1. The topological polar surface area (TPSA) is 81.7 Å². The van der Waals surface area contributed by atoms with E-state index >= 15 is 0 Å². The van der Waals surface area contributed by atoms with Gasteiger partial charge in [0.15, 0.2) is 0 Å². The van der Waals surface area contributed by atoms with Crippen LogP contribution in [0, 0.1) is 0 Å². The van der Waals surface area contributed by atoms with Gasteiger partial charge in [-0.05, 0) is 6.42 Å². The maximum atomic E-state index is 5.61. The Labute approximate surface area is 99.9 Å². The molecule has 0 aliphatic rings. The van der Waals surface area contributed by atoms with Crippen molar-refractivity contribution in [3.8, 4) is 0 Å². The molecule has 1 unspecified atom stereocenters. The fraction of sp³-hybridized carbons (Fsp3) is 0.364.